The lowest BCUT2D eigenvalue weighted by Gasteiger charge is -2.36. The highest BCUT2D eigenvalue weighted by Crippen LogP contribution is 2.35. The molecule has 0 saturated heterocycles. The Morgan fingerprint density at radius 3 is 2.39 bits per heavy atom. The van der Waals surface area contributed by atoms with Crippen molar-refractivity contribution in [2.75, 3.05) is 7.11 Å². The third-order valence-corrected chi connectivity index (χ3v) is 5.37. The van der Waals surface area contributed by atoms with Crippen molar-refractivity contribution in [1.29, 1.82) is 0 Å². The van der Waals surface area contributed by atoms with E-state index in [-0.39, 0.29) is 0 Å². The van der Waals surface area contributed by atoms with Gasteiger partial charge in [-0.3, -0.25) is 4.79 Å². The number of rotatable bonds is 6. The Morgan fingerprint density at radius 2 is 1.78 bits per heavy atom. The van der Waals surface area contributed by atoms with Crippen LogP contribution in [0, 0.1) is 5.92 Å². The van der Waals surface area contributed by atoms with Crippen LogP contribution in [0.2, 0.25) is 0 Å². The first-order valence-corrected chi connectivity index (χ1v) is 9.11. The van der Waals surface area contributed by atoms with Gasteiger partial charge in [-0.05, 0) is 68.6 Å². The Balaban J connectivity index is 1.58. The summed E-state index contributed by atoms with van der Waals surface area (Å²) in [6, 6.07) is 9.10. The second kappa shape index (κ2) is 7.37. The van der Waals surface area contributed by atoms with Crippen LogP contribution in [0.5, 0.6) is 5.75 Å². The molecule has 1 aromatic carbocycles. The third-order valence-electron chi connectivity index (χ3n) is 5.37. The summed E-state index contributed by atoms with van der Waals surface area (Å²) < 4.78 is 5.27. The van der Waals surface area contributed by atoms with Crippen molar-refractivity contribution in [2.24, 2.45) is 5.92 Å². The molecule has 0 aromatic heterocycles. The maximum atomic E-state index is 12.8. The van der Waals surface area contributed by atoms with Crippen LogP contribution in [-0.4, -0.2) is 30.0 Å². The molecule has 0 unspecified atom stereocenters. The molecule has 3 heteroatoms. The Hall–Kier alpha value is -1.51. The fraction of sp³-hybridized carbons (Fsp3) is 0.650. The summed E-state index contributed by atoms with van der Waals surface area (Å²) >= 11 is 0. The van der Waals surface area contributed by atoms with Crippen molar-refractivity contribution in [2.45, 2.75) is 70.4 Å². The van der Waals surface area contributed by atoms with E-state index in [1.165, 1.54) is 44.1 Å². The largest absolute Gasteiger partial charge is 0.497 e. The molecule has 3 nitrogen and oxygen atoms in total. The highest BCUT2D eigenvalue weighted by Gasteiger charge is 2.37. The number of ether oxygens (including phenoxy) is 1. The summed E-state index contributed by atoms with van der Waals surface area (Å²) in [6.45, 7) is 2.34. The van der Waals surface area contributed by atoms with Crippen molar-refractivity contribution in [3.8, 4) is 5.75 Å². The predicted octanol–water partition coefficient (Wildman–Crippen LogP) is 4.20. The monoisotopic (exact) mass is 315 g/mol. The molecule has 3 rings (SSSR count). The first-order chi connectivity index (χ1) is 11.2. The lowest BCUT2D eigenvalue weighted by molar-refractivity contribution is -0.135. The number of benzene rings is 1. The Kier molecular flexibility index (Phi) is 5.24. The lowest BCUT2D eigenvalue weighted by Crippen LogP contribution is -2.43. The van der Waals surface area contributed by atoms with Gasteiger partial charge in [0.25, 0.3) is 0 Å². The number of amides is 1. The van der Waals surface area contributed by atoms with Gasteiger partial charge in [0.05, 0.1) is 7.11 Å². The topological polar surface area (TPSA) is 29.5 Å². The molecule has 2 saturated carbocycles. The minimum atomic E-state index is 0.356. The van der Waals surface area contributed by atoms with Crippen molar-refractivity contribution in [1.82, 2.24) is 4.90 Å². The lowest BCUT2D eigenvalue weighted by atomic mass is 9.86. The summed E-state index contributed by atoms with van der Waals surface area (Å²) in [5.41, 5.74) is 1.19. The fourth-order valence-electron chi connectivity index (χ4n) is 3.79. The first-order valence-electron chi connectivity index (χ1n) is 9.11. The van der Waals surface area contributed by atoms with E-state index in [4.69, 9.17) is 4.74 Å². The van der Waals surface area contributed by atoms with E-state index >= 15 is 0 Å². The predicted molar refractivity (Wildman–Crippen MR) is 92.6 cm³/mol. The van der Waals surface area contributed by atoms with Gasteiger partial charge in [0.2, 0.25) is 5.91 Å². The van der Waals surface area contributed by atoms with Crippen molar-refractivity contribution in [3.05, 3.63) is 29.8 Å². The summed E-state index contributed by atoms with van der Waals surface area (Å²) in [6.07, 6.45) is 8.78. The number of nitrogens with zero attached hydrogens (tertiary/aromatic N) is 1. The number of methoxy groups -OCH3 is 1. The Morgan fingerprint density at radius 1 is 1.13 bits per heavy atom. The van der Waals surface area contributed by atoms with Gasteiger partial charge >= 0.3 is 0 Å². The maximum absolute atomic E-state index is 12.8. The van der Waals surface area contributed by atoms with Crippen molar-refractivity contribution < 1.29 is 9.53 Å². The van der Waals surface area contributed by atoms with Crippen molar-refractivity contribution >= 4 is 5.91 Å². The summed E-state index contributed by atoms with van der Waals surface area (Å²) in [4.78, 5) is 15.1. The van der Waals surface area contributed by atoms with E-state index in [0.29, 0.717) is 24.4 Å². The van der Waals surface area contributed by atoms with Gasteiger partial charge < -0.3 is 9.64 Å². The molecule has 0 heterocycles. The standard InChI is InChI=1S/C20H29NO2/c1-15-6-9-17(10-7-15)21(18-11-12-18)20(22)13-8-16-4-3-5-19(14-16)23-2/h3-5,14-15,17-18H,6-13H2,1-2H3. The molecular formula is C20H29NO2. The molecule has 0 bridgehead atoms. The van der Waals surface area contributed by atoms with Gasteiger partial charge in [-0.15, -0.1) is 0 Å². The smallest absolute Gasteiger partial charge is 0.223 e. The fourth-order valence-corrected chi connectivity index (χ4v) is 3.79. The highest BCUT2D eigenvalue weighted by atomic mass is 16.5. The van der Waals surface area contributed by atoms with Gasteiger partial charge in [0, 0.05) is 18.5 Å². The number of carbonyl (C=O) groups is 1. The number of carbonyl (C=O) groups excluding carboxylic acids is 1. The van der Waals surface area contributed by atoms with E-state index in [2.05, 4.69) is 17.9 Å². The van der Waals surface area contributed by atoms with Crippen LogP contribution in [0.15, 0.2) is 24.3 Å². The van der Waals surface area contributed by atoms with E-state index < -0.39 is 0 Å². The molecule has 0 N–H and O–H groups in total. The van der Waals surface area contributed by atoms with Crippen LogP contribution < -0.4 is 4.74 Å². The Labute approximate surface area is 140 Å². The second-order valence-corrected chi connectivity index (χ2v) is 7.30. The number of hydrogen-bond acceptors (Lipinski definition) is 2. The molecule has 0 spiro atoms. The highest BCUT2D eigenvalue weighted by molar-refractivity contribution is 5.77. The second-order valence-electron chi connectivity index (χ2n) is 7.30. The van der Waals surface area contributed by atoms with E-state index in [9.17, 15) is 4.79 Å². The van der Waals surface area contributed by atoms with Crippen LogP contribution >= 0.6 is 0 Å². The summed E-state index contributed by atoms with van der Waals surface area (Å²) in [5, 5.41) is 0. The summed E-state index contributed by atoms with van der Waals surface area (Å²) in [5.74, 6) is 2.06. The quantitative estimate of drug-likeness (QED) is 0.787. The van der Waals surface area contributed by atoms with Crippen LogP contribution in [0.25, 0.3) is 0 Å². The molecule has 1 aromatic rings. The molecule has 0 aliphatic heterocycles. The molecule has 23 heavy (non-hydrogen) atoms. The maximum Gasteiger partial charge on any atom is 0.223 e. The average Bonchev–Trinajstić information content (AvgIpc) is 3.40. The summed E-state index contributed by atoms with van der Waals surface area (Å²) in [7, 11) is 1.68. The zero-order valence-corrected chi connectivity index (χ0v) is 14.5. The third kappa shape index (κ3) is 4.27. The molecule has 2 aliphatic carbocycles. The van der Waals surface area contributed by atoms with Gasteiger partial charge in [0.15, 0.2) is 0 Å². The zero-order valence-electron chi connectivity index (χ0n) is 14.5. The molecule has 0 atom stereocenters. The average molecular weight is 315 g/mol. The molecule has 2 aliphatic rings. The molecular weight excluding hydrogens is 286 g/mol. The van der Waals surface area contributed by atoms with Crippen molar-refractivity contribution in [3.63, 3.8) is 0 Å². The van der Waals surface area contributed by atoms with Gasteiger partial charge in [-0.1, -0.05) is 19.1 Å². The van der Waals surface area contributed by atoms with E-state index in [0.717, 1.165) is 18.1 Å². The first kappa shape index (κ1) is 16.4. The normalized spacial score (nSPS) is 24.3. The molecule has 0 radical (unpaired) electrons. The van der Waals surface area contributed by atoms with Gasteiger partial charge in [0.1, 0.15) is 5.75 Å². The van der Waals surface area contributed by atoms with Crippen LogP contribution in [0.3, 0.4) is 0 Å². The van der Waals surface area contributed by atoms with Crippen LogP contribution in [0.1, 0.15) is 57.4 Å². The SMILES string of the molecule is COc1cccc(CCC(=O)N(C2CCC(C)CC2)C2CC2)c1. The molecule has 126 valence electrons. The van der Waals surface area contributed by atoms with E-state index in [1.54, 1.807) is 7.11 Å². The Bertz CT molecular complexity index is 530. The molecule has 1 amide bonds. The minimum absolute atomic E-state index is 0.356. The minimum Gasteiger partial charge on any atom is -0.497 e. The molecule has 2 fully saturated rings. The van der Waals surface area contributed by atoms with Gasteiger partial charge in [-0.25, -0.2) is 0 Å². The van der Waals surface area contributed by atoms with Gasteiger partial charge in [-0.2, -0.15) is 0 Å². The van der Waals surface area contributed by atoms with Crippen LogP contribution in [-0.2, 0) is 11.2 Å². The van der Waals surface area contributed by atoms with Crippen LogP contribution in [0.4, 0.5) is 0 Å². The number of aryl methyl sites for hydroxylation is 1. The number of hydrogen-bond donors (Lipinski definition) is 0. The zero-order chi connectivity index (χ0) is 16.2. The van der Waals surface area contributed by atoms with E-state index in [1.807, 2.05) is 18.2 Å².